The van der Waals surface area contributed by atoms with Gasteiger partial charge in [0, 0.05) is 6.54 Å². The van der Waals surface area contributed by atoms with E-state index in [2.05, 4.69) is 5.92 Å². The molecule has 1 aromatic carbocycles. The number of hydrogen-bond donors (Lipinski definition) is 0. The zero-order chi connectivity index (χ0) is 12.9. The molecule has 15 heavy (non-hydrogen) atoms. The van der Waals surface area contributed by atoms with Crippen LogP contribution in [0.4, 0.5) is 0 Å². The Bertz CT molecular complexity index is 386. The van der Waals surface area contributed by atoms with Crippen molar-refractivity contribution in [2.24, 2.45) is 0 Å². The highest BCUT2D eigenvalue weighted by atomic mass is 35.5. The lowest BCUT2D eigenvalue weighted by molar-refractivity contribution is 0.372. The SMILES string of the molecule is [2H]C([2H])(C#C)N(C)CC(Cl)Cc1ccccc1. The molecule has 0 aliphatic heterocycles. The summed E-state index contributed by atoms with van der Waals surface area (Å²) in [4.78, 5) is 1.45. The van der Waals surface area contributed by atoms with Crippen LogP contribution >= 0.6 is 11.6 Å². The molecule has 0 saturated heterocycles. The van der Waals surface area contributed by atoms with Crippen LogP contribution in [0.15, 0.2) is 30.3 Å². The third-order valence-corrected chi connectivity index (χ3v) is 2.32. The van der Waals surface area contributed by atoms with Crippen LogP contribution in [0.1, 0.15) is 8.30 Å². The van der Waals surface area contributed by atoms with Crippen molar-refractivity contribution in [3.8, 4) is 12.3 Å². The summed E-state index contributed by atoms with van der Waals surface area (Å²) in [6.07, 6.45) is 5.83. The van der Waals surface area contributed by atoms with E-state index in [4.69, 9.17) is 20.8 Å². The Morgan fingerprint density at radius 1 is 1.53 bits per heavy atom. The number of benzene rings is 1. The largest absolute Gasteiger partial charge is 0.294 e. The highest BCUT2D eigenvalue weighted by molar-refractivity contribution is 6.20. The first-order valence-corrected chi connectivity index (χ1v) is 5.26. The Labute approximate surface area is 99.9 Å². The number of nitrogens with zero attached hydrogens (tertiary/aromatic N) is 1. The third kappa shape index (κ3) is 4.88. The van der Waals surface area contributed by atoms with Gasteiger partial charge in [0.2, 0.25) is 0 Å². The van der Waals surface area contributed by atoms with Gasteiger partial charge in [-0.25, -0.2) is 0 Å². The molecule has 0 radical (unpaired) electrons. The van der Waals surface area contributed by atoms with Gasteiger partial charge in [-0.2, -0.15) is 0 Å². The molecule has 1 rings (SSSR count). The molecular weight excluding hydrogens is 206 g/mol. The smallest absolute Gasteiger partial charge is 0.0596 e. The Kier molecular flexibility index (Phi) is 4.02. The monoisotopic (exact) mass is 223 g/mol. The van der Waals surface area contributed by atoms with Gasteiger partial charge in [0.25, 0.3) is 0 Å². The predicted molar refractivity (Wildman–Crippen MR) is 66.1 cm³/mol. The van der Waals surface area contributed by atoms with Crippen LogP contribution in [0.5, 0.6) is 0 Å². The van der Waals surface area contributed by atoms with Gasteiger partial charge in [-0.15, -0.1) is 18.0 Å². The molecule has 1 unspecified atom stereocenters. The summed E-state index contributed by atoms with van der Waals surface area (Å²) < 4.78 is 15.1. The average molecular weight is 224 g/mol. The molecular formula is C13H16ClN. The Hall–Kier alpha value is -0.970. The van der Waals surface area contributed by atoms with Crippen LogP contribution in [0.25, 0.3) is 0 Å². The minimum absolute atomic E-state index is 0.161. The number of rotatable bonds is 5. The Morgan fingerprint density at radius 2 is 2.20 bits per heavy atom. The maximum absolute atomic E-state index is 7.55. The molecule has 0 bridgehead atoms. The average Bonchev–Trinajstić information content (AvgIpc) is 2.30. The van der Waals surface area contributed by atoms with Crippen LogP contribution in [-0.4, -0.2) is 30.4 Å². The molecule has 0 aliphatic carbocycles. The molecule has 0 N–H and O–H groups in total. The van der Waals surface area contributed by atoms with Gasteiger partial charge in [0.1, 0.15) is 0 Å². The van der Waals surface area contributed by atoms with Crippen LogP contribution in [0.3, 0.4) is 0 Å². The molecule has 0 fully saturated rings. The lowest BCUT2D eigenvalue weighted by atomic mass is 10.1. The normalized spacial score (nSPS) is 15.3. The molecule has 0 saturated carbocycles. The summed E-state index contributed by atoms with van der Waals surface area (Å²) >= 11 is 6.20. The number of alkyl halides is 1. The van der Waals surface area contributed by atoms with Crippen LogP contribution < -0.4 is 0 Å². The van der Waals surface area contributed by atoms with E-state index in [1.54, 1.807) is 7.05 Å². The van der Waals surface area contributed by atoms with Crippen molar-refractivity contribution in [2.75, 3.05) is 20.1 Å². The first kappa shape index (κ1) is 9.27. The quantitative estimate of drug-likeness (QED) is 0.548. The fourth-order valence-electron chi connectivity index (χ4n) is 1.39. The lowest BCUT2D eigenvalue weighted by Crippen LogP contribution is -2.27. The summed E-state index contributed by atoms with van der Waals surface area (Å²) in [7, 11) is 1.64. The molecule has 1 aromatic rings. The molecule has 0 amide bonds. The van der Waals surface area contributed by atoms with Gasteiger partial charge in [0.05, 0.1) is 14.6 Å². The standard InChI is InChI=1S/C13H16ClN/c1-3-9-15(2)11-13(14)10-12-7-5-4-6-8-12/h1,4-8,13H,9-11H2,2H3/i9D2. The molecule has 0 aliphatic rings. The fourth-order valence-corrected chi connectivity index (χ4v) is 1.77. The molecule has 80 valence electrons. The van der Waals surface area contributed by atoms with E-state index in [0.717, 1.165) is 5.56 Å². The van der Waals surface area contributed by atoms with E-state index in [1.807, 2.05) is 30.3 Å². The van der Waals surface area contributed by atoms with E-state index >= 15 is 0 Å². The van der Waals surface area contributed by atoms with Crippen molar-refractivity contribution in [3.05, 3.63) is 35.9 Å². The van der Waals surface area contributed by atoms with Crippen LogP contribution in [0.2, 0.25) is 0 Å². The highest BCUT2D eigenvalue weighted by Gasteiger charge is 2.08. The van der Waals surface area contributed by atoms with Gasteiger partial charge >= 0.3 is 0 Å². The van der Waals surface area contributed by atoms with E-state index in [9.17, 15) is 0 Å². The molecule has 0 heterocycles. The van der Waals surface area contributed by atoms with Gasteiger partial charge in [-0.05, 0) is 19.0 Å². The van der Waals surface area contributed by atoms with Crippen molar-refractivity contribution in [1.29, 1.82) is 0 Å². The van der Waals surface area contributed by atoms with Gasteiger partial charge in [-0.3, -0.25) is 4.90 Å². The van der Waals surface area contributed by atoms with Crippen LogP contribution in [0, 0.1) is 12.3 Å². The predicted octanol–water partition coefficient (Wildman–Crippen LogP) is 2.40. The maximum atomic E-state index is 7.55. The Balaban J connectivity index is 2.51. The van der Waals surface area contributed by atoms with E-state index < -0.39 is 6.50 Å². The third-order valence-electron chi connectivity index (χ3n) is 2.03. The second kappa shape index (κ2) is 6.50. The van der Waals surface area contributed by atoms with Crippen molar-refractivity contribution >= 4 is 11.6 Å². The zero-order valence-electron chi connectivity index (χ0n) is 10.8. The van der Waals surface area contributed by atoms with Crippen molar-refractivity contribution in [1.82, 2.24) is 4.90 Å². The van der Waals surface area contributed by atoms with E-state index in [1.165, 1.54) is 4.90 Å². The lowest BCUT2D eigenvalue weighted by Gasteiger charge is -2.17. The van der Waals surface area contributed by atoms with Gasteiger partial charge in [-0.1, -0.05) is 36.3 Å². The molecule has 1 atom stereocenters. The van der Waals surface area contributed by atoms with Crippen molar-refractivity contribution in [3.63, 3.8) is 0 Å². The van der Waals surface area contributed by atoms with Crippen LogP contribution in [-0.2, 0) is 6.42 Å². The number of halogens is 1. The van der Waals surface area contributed by atoms with E-state index in [-0.39, 0.29) is 5.38 Å². The van der Waals surface area contributed by atoms with E-state index in [0.29, 0.717) is 13.0 Å². The topological polar surface area (TPSA) is 3.24 Å². The second-order valence-electron chi connectivity index (χ2n) is 3.42. The maximum Gasteiger partial charge on any atom is 0.0596 e. The summed E-state index contributed by atoms with van der Waals surface area (Å²) in [6.45, 7) is -1.34. The fraction of sp³-hybridized carbons (Fsp3) is 0.385. The zero-order valence-corrected chi connectivity index (χ0v) is 9.54. The van der Waals surface area contributed by atoms with Crippen molar-refractivity contribution in [2.45, 2.75) is 11.8 Å². The summed E-state index contributed by atoms with van der Waals surface area (Å²) in [5, 5.41) is -0.161. The molecule has 2 heteroatoms. The van der Waals surface area contributed by atoms with Crippen molar-refractivity contribution < 1.29 is 2.74 Å². The molecule has 1 nitrogen and oxygen atoms in total. The molecule has 0 spiro atoms. The number of hydrogen-bond acceptors (Lipinski definition) is 1. The van der Waals surface area contributed by atoms with Gasteiger partial charge in [0.15, 0.2) is 0 Å². The molecule has 0 aromatic heterocycles. The first-order chi connectivity index (χ1) is 7.95. The summed E-state index contributed by atoms with van der Waals surface area (Å²) in [5.74, 6) is 2.11. The summed E-state index contributed by atoms with van der Waals surface area (Å²) in [5.41, 5.74) is 1.14. The highest BCUT2D eigenvalue weighted by Crippen LogP contribution is 2.08. The van der Waals surface area contributed by atoms with Gasteiger partial charge < -0.3 is 0 Å². The Morgan fingerprint density at radius 3 is 2.80 bits per heavy atom. The number of terminal acetylenes is 1. The minimum atomic E-state index is -1.75. The minimum Gasteiger partial charge on any atom is -0.294 e. The second-order valence-corrected chi connectivity index (χ2v) is 4.04. The first-order valence-electron chi connectivity index (χ1n) is 5.82. The summed E-state index contributed by atoms with van der Waals surface area (Å²) in [6, 6.07) is 9.89.